The zero-order valence-electron chi connectivity index (χ0n) is 20.1. The predicted molar refractivity (Wildman–Crippen MR) is 129 cm³/mol. The minimum Gasteiger partial charge on any atom is -0.491 e. The molecule has 1 aliphatic heterocycles. The normalized spacial score (nSPS) is 19.5. The molecular formula is C25H35FN4O3. The number of nitrogens with zero attached hydrogens (tertiary/aromatic N) is 3. The fourth-order valence-electron chi connectivity index (χ4n) is 5.10. The van der Waals surface area contributed by atoms with Crippen LogP contribution >= 0.6 is 0 Å². The largest absolute Gasteiger partial charge is 0.491 e. The van der Waals surface area contributed by atoms with Crippen LogP contribution in [-0.4, -0.2) is 55.7 Å². The van der Waals surface area contributed by atoms with Gasteiger partial charge in [-0.1, -0.05) is 6.92 Å². The lowest BCUT2D eigenvalue weighted by Crippen LogP contribution is -2.27. The molecule has 2 aliphatic rings. The van der Waals surface area contributed by atoms with Crippen molar-refractivity contribution in [2.75, 3.05) is 45.2 Å². The number of amides is 1. The standard InChI is InChI=1S/C25H35FN4O3/c1-15(11-22(27)31)17-7-8-29(14-17)25-16(2)24-19(12-20(25)26)21(33-10-9-28(3)4)13-23(32)30(24)18-5-6-18/h12-13,15,17-18H,5-11,14H2,1-4H3,(H2,27,31)/t15-,17-/m0/s1. The summed E-state index contributed by atoms with van der Waals surface area (Å²) in [5, 5.41) is 0.650. The van der Waals surface area contributed by atoms with Crippen LogP contribution in [-0.2, 0) is 4.79 Å². The summed E-state index contributed by atoms with van der Waals surface area (Å²) in [4.78, 5) is 28.5. The monoisotopic (exact) mass is 458 g/mol. The minimum atomic E-state index is -0.304. The van der Waals surface area contributed by atoms with Gasteiger partial charge in [-0.3, -0.25) is 9.59 Å². The van der Waals surface area contributed by atoms with Gasteiger partial charge >= 0.3 is 0 Å². The number of aromatic nitrogens is 1. The number of hydrogen-bond acceptors (Lipinski definition) is 5. The van der Waals surface area contributed by atoms with Gasteiger partial charge in [-0.05, 0) is 63.7 Å². The first kappa shape index (κ1) is 23.5. The first-order valence-corrected chi connectivity index (χ1v) is 11.9. The van der Waals surface area contributed by atoms with E-state index in [-0.39, 0.29) is 35.2 Å². The lowest BCUT2D eigenvalue weighted by atomic mass is 9.90. The number of carbonyl (C=O) groups is 1. The second-order valence-electron chi connectivity index (χ2n) is 9.97. The van der Waals surface area contributed by atoms with Gasteiger partial charge < -0.3 is 24.8 Å². The molecule has 2 N–H and O–H groups in total. The summed E-state index contributed by atoms with van der Waals surface area (Å²) in [6, 6.07) is 3.20. The van der Waals surface area contributed by atoms with Crippen molar-refractivity contribution >= 4 is 22.5 Å². The Hall–Kier alpha value is -2.61. The Bertz CT molecular complexity index is 1110. The number of carbonyl (C=O) groups excluding carboxylic acids is 1. The maximum atomic E-state index is 15.6. The Balaban J connectivity index is 1.74. The molecule has 0 spiro atoms. The molecule has 1 aromatic heterocycles. The van der Waals surface area contributed by atoms with Gasteiger partial charge in [0, 0.05) is 43.5 Å². The van der Waals surface area contributed by atoms with Gasteiger partial charge in [-0.15, -0.1) is 0 Å². The van der Waals surface area contributed by atoms with Crippen molar-refractivity contribution in [1.82, 2.24) is 9.47 Å². The molecule has 8 heteroatoms. The van der Waals surface area contributed by atoms with E-state index in [1.54, 1.807) is 0 Å². The number of nitrogens with two attached hydrogens (primary N) is 1. The SMILES string of the molecule is Cc1c(N2CC[C@H]([C@@H](C)CC(N)=O)C2)c(F)cc2c(OCCN(C)C)cc(=O)n(C3CC3)c12. The molecule has 2 atom stereocenters. The molecular weight excluding hydrogens is 423 g/mol. The van der Waals surface area contributed by atoms with E-state index in [1.165, 1.54) is 12.1 Å². The van der Waals surface area contributed by atoms with Crippen LogP contribution in [0.3, 0.4) is 0 Å². The third kappa shape index (κ3) is 4.86. The Morgan fingerprint density at radius 2 is 2.03 bits per heavy atom. The molecule has 180 valence electrons. The van der Waals surface area contributed by atoms with Crippen molar-refractivity contribution < 1.29 is 13.9 Å². The number of benzene rings is 1. The molecule has 1 saturated carbocycles. The van der Waals surface area contributed by atoms with Crippen molar-refractivity contribution in [3.8, 4) is 5.75 Å². The van der Waals surface area contributed by atoms with Crippen molar-refractivity contribution in [3.05, 3.63) is 33.9 Å². The van der Waals surface area contributed by atoms with E-state index in [0.717, 1.165) is 30.3 Å². The van der Waals surface area contributed by atoms with Crippen molar-refractivity contribution in [2.24, 2.45) is 17.6 Å². The summed E-state index contributed by atoms with van der Waals surface area (Å²) < 4.78 is 23.4. The highest BCUT2D eigenvalue weighted by Crippen LogP contribution is 2.42. The summed E-state index contributed by atoms with van der Waals surface area (Å²) >= 11 is 0. The molecule has 1 aliphatic carbocycles. The Morgan fingerprint density at radius 3 is 2.67 bits per heavy atom. The van der Waals surface area contributed by atoms with Gasteiger partial charge in [0.15, 0.2) is 0 Å². The molecule has 2 fully saturated rings. The maximum Gasteiger partial charge on any atom is 0.255 e. The molecule has 7 nitrogen and oxygen atoms in total. The molecule has 0 radical (unpaired) electrons. The first-order valence-electron chi connectivity index (χ1n) is 11.9. The van der Waals surface area contributed by atoms with Crippen molar-refractivity contribution in [3.63, 3.8) is 0 Å². The van der Waals surface area contributed by atoms with E-state index in [0.29, 0.717) is 49.5 Å². The highest BCUT2D eigenvalue weighted by atomic mass is 19.1. The molecule has 33 heavy (non-hydrogen) atoms. The number of anilines is 1. The fourth-order valence-corrected chi connectivity index (χ4v) is 5.10. The van der Waals surface area contributed by atoms with Crippen molar-refractivity contribution in [1.29, 1.82) is 0 Å². The number of aryl methyl sites for hydroxylation is 1. The lowest BCUT2D eigenvalue weighted by molar-refractivity contribution is -0.119. The molecule has 2 aromatic rings. The van der Waals surface area contributed by atoms with Crippen LogP contribution in [0.1, 0.15) is 44.2 Å². The van der Waals surface area contributed by atoms with Gasteiger partial charge in [0.25, 0.3) is 5.56 Å². The van der Waals surface area contributed by atoms with Gasteiger partial charge in [0.2, 0.25) is 5.91 Å². The summed E-state index contributed by atoms with van der Waals surface area (Å²) in [6.45, 7) is 6.44. The zero-order valence-corrected chi connectivity index (χ0v) is 20.1. The molecule has 2 heterocycles. The zero-order chi connectivity index (χ0) is 23.9. The highest BCUT2D eigenvalue weighted by molar-refractivity contribution is 5.92. The number of halogens is 1. The lowest BCUT2D eigenvalue weighted by Gasteiger charge is -2.26. The summed E-state index contributed by atoms with van der Waals surface area (Å²) in [6.07, 6.45) is 3.14. The van der Waals surface area contributed by atoms with Crippen LogP contribution in [0.2, 0.25) is 0 Å². The molecule has 4 rings (SSSR count). The third-order valence-corrected chi connectivity index (χ3v) is 7.04. The fraction of sp³-hybridized carbons (Fsp3) is 0.600. The number of ether oxygens (including phenoxy) is 1. The highest BCUT2D eigenvalue weighted by Gasteiger charge is 2.33. The topological polar surface area (TPSA) is 80.8 Å². The first-order chi connectivity index (χ1) is 15.7. The number of primary amides is 1. The third-order valence-electron chi connectivity index (χ3n) is 7.04. The predicted octanol–water partition coefficient (Wildman–Crippen LogP) is 3.06. The number of hydrogen-bond donors (Lipinski definition) is 1. The van der Waals surface area contributed by atoms with E-state index >= 15 is 4.39 Å². The molecule has 1 aromatic carbocycles. The van der Waals surface area contributed by atoms with E-state index in [2.05, 4.69) is 4.90 Å². The molecule has 0 bridgehead atoms. The minimum absolute atomic E-state index is 0.0973. The number of likely N-dealkylation sites (N-methyl/N-ethyl adjacent to an activating group) is 1. The van der Waals surface area contributed by atoms with Crippen LogP contribution in [0.25, 0.3) is 10.9 Å². The summed E-state index contributed by atoms with van der Waals surface area (Å²) in [5.74, 6) is 0.263. The second kappa shape index (κ2) is 9.33. The van der Waals surface area contributed by atoms with Crippen LogP contribution in [0, 0.1) is 24.6 Å². The Kier molecular flexibility index (Phi) is 6.66. The maximum absolute atomic E-state index is 15.6. The summed E-state index contributed by atoms with van der Waals surface area (Å²) in [5.41, 5.74) is 7.39. The molecule has 1 saturated heterocycles. The average Bonchev–Trinajstić information content (AvgIpc) is 3.44. The van der Waals surface area contributed by atoms with E-state index in [1.807, 2.05) is 37.4 Å². The Labute approximate surface area is 194 Å². The quantitative estimate of drug-likeness (QED) is 0.625. The smallest absolute Gasteiger partial charge is 0.255 e. The van der Waals surface area contributed by atoms with E-state index in [9.17, 15) is 9.59 Å². The van der Waals surface area contributed by atoms with Gasteiger partial charge in [-0.2, -0.15) is 0 Å². The van der Waals surface area contributed by atoms with Gasteiger partial charge in [0.05, 0.1) is 11.2 Å². The van der Waals surface area contributed by atoms with Crippen LogP contribution in [0.15, 0.2) is 16.9 Å². The van der Waals surface area contributed by atoms with E-state index < -0.39 is 0 Å². The summed E-state index contributed by atoms with van der Waals surface area (Å²) in [7, 11) is 3.91. The molecule has 0 unspecified atom stereocenters. The average molecular weight is 459 g/mol. The number of pyridine rings is 1. The molecule has 1 amide bonds. The van der Waals surface area contributed by atoms with Crippen LogP contribution < -0.4 is 20.9 Å². The number of rotatable bonds is 9. The van der Waals surface area contributed by atoms with Gasteiger partial charge in [0.1, 0.15) is 18.2 Å². The Morgan fingerprint density at radius 1 is 1.30 bits per heavy atom. The van der Waals surface area contributed by atoms with Crippen LogP contribution in [0.4, 0.5) is 10.1 Å². The number of fused-ring (bicyclic) bond motifs is 1. The van der Waals surface area contributed by atoms with E-state index in [4.69, 9.17) is 10.5 Å². The second-order valence-corrected chi connectivity index (χ2v) is 9.97. The van der Waals surface area contributed by atoms with Gasteiger partial charge in [-0.25, -0.2) is 4.39 Å². The van der Waals surface area contributed by atoms with Crippen LogP contribution in [0.5, 0.6) is 5.75 Å². The van der Waals surface area contributed by atoms with Crippen molar-refractivity contribution in [2.45, 2.75) is 45.6 Å².